The SMILES string of the molecule is C[C@@H](C(N)=O)N(c1ccc(F)cc1)S(C)(=O)=O. The fourth-order valence-electron chi connectivity index (χ4n) is 1.41. The molecule has 0 aliphatic heterocycles. The first-order valence-corrected chi connectivity index (χ1v) is 6.62. The van der Waals surface area contributed by atoms with E-state index in [-0.39, 0.29) is 5.69 Å². The molecule has 1 atom stereocenters. The average Bonchev–Trinajstić information content (AvgIpc) is 2.19. The van der Waals surface area contributed by atoms with Gasteiger partial charge in [-0.05, 0) is 31.2 Å². The normalized spacial score (nSPS) is 13.1. The number of carbonyl (C=O) groups is 1. The van der Waals surface area contributed by atoms with Gasteiger partial charge in [0.05, 0.1) is 11.9 Å². The van der Waals surface area contributed by atoms with E-state index in [0.29, 0.717) is 0 Å². The number of sulfonamides is 1. The molecule has 7 heteroatoms. The van der Waals surface area contributed by atoms with E-state index in [1.807, 2.05) is 0 Å². The fourth-order valence-corrected chi connectivity index (χ4v) is 2.59. The second-order valence-electron chi connectivity index (χ2n) is 3.61. The molecule has 0 unspecified atom stereocenters. The van der Waals surface area contributed by atoms with Crippen LogP contribution in [0.15, 0.2) is 24.3 Å². The van der Waals surface area contributed by atoms with E-state index < -0.39 is 27.8 Å². The standard InChI is InChI=1S/C10H13FN2O3S/c1-7(10(12)14)13(17(2,15)16)9-5-3-8(11)4-6-9/h3-7H,1-2H3,(H2,12,14)/t7-/m0/s1. The van der Waals surface area contributed by atoms with Gasteiger partial charge in [0.1, 0.15) is 11.9 Å². The number of hydrogen-bond acceptors (Lipinski definition) is 3. The summed E-state index contributed by atoms with van der Waals surface area (Å²) in [6.07, 6.45) is 0.954. The van der Waals surface area contributed by atoms with Gasteiger partial charge in [-0.2, -0.15) is 0 Å². The van der Waals surface area contributed by atoms with Crippen LogP contribution < -0.4 is 10.0 Å². The van der Waals surface area contributed by atoms with Crippen LogP contribution in [0.2, 0.25) is 0 Å². The lowest BCUT2D eigenvalue weighted by atomic mass is 10.2. The van der Waals surface area contributed by atoms with Gasteiger partial charge in [0.25, 0.3) is 0 Å². The minimum Gasteiger partial charge on any atom is -0.368 e. The van der Waals surface area contributed by atoms with Crippen LogP contribution in [0.3, 0.4) is 0 Å². The summed E-state index contributed by atoms with van der Waals surface area (Å²) in [6, 6.07) is 3.74. The Bertz CT molecular complexity index is 513. The molecule has 0 radical (unpaired) electrons. The van der Waals surface area contributed by atoms with Crippen molar-refractivity contribution in [2.75, 3.05) is 10.6 Å². The number of rotatable bonds is 4. The maximum atomic E-state index is 12.7. The first-order valence-electron chi connectivity index (χ1n) is 4.78. The zero-order valence-electron chi connectivity index (χ0n) is 9.42. The zero-order valence-corrected chi connectivity index (χ0v) is 10.2. The molecule has 1 aromatic carbocycles. The Balaban J connectivity index is 3.25. The number of primary amides is 1. The zero-order chi connectivity index (χ0) is 13.2. The molecule has 0 saturated carbocycles. The predicted octanol–water partition coefficient (Wildman–Crippen LogP) is 0.465. The lowest BCUT2D eigenvalue weighted by Gasteiger charge is -2.26. The number of anilines is 1. The van der Waals surface area contributed by atoms with Gasteiger partial charge < -0.3 is 5.73 Å². The Morgan fingerprint density at radius 3 is 2.18 bits per heavy atom. The van der Waals surface area contributed by atoms with Crippen molar-refractivity contribution in [1.29, 1.82) is 0 Å². The number of benzene rings is 1. The van der Waals surface area contributed by atoms with E-state index in [1.54, 1.807) is 0 Å². The van der Waals surface area contributed by atoms with Crippen molar-refractivity contribution >= 4 is 21.6 Å². The lowest BCUT2D eigenvalue weighted by Crippen LogP contribution is -2.45. The van der Waals surface area contributed by atoms with E-state index in [1.165, 1.54) is 19.1 Å². The minimum absolute atomic E-state index is 0.195. The van der Waals surface area contributed by atoms with Crippen LogP contribution in [0.25, 0.3) is 0 Å². The van der Waals surface area contributed by atoms with Gasteiger partial charge in [-0.3, -0.25) is 9.10 Å². The van der Waals surface area contributed by atoms with Gasteiger partial charge in [-0.25, -0.2) is 12.8 Å². The summed E-state index contributed by atoms with van der Waals surface area (Å²) in [6.45, 7) is 1.37. The Kier molecular flexibility index (Phi) is 3.72. The minimum atomic E-state index is -3.67. The number of halogens is 1. The van der Waals surface area contributed by atoms with E-state index in [0.717, 1.165) is 22.7 Å². The number of carbonyl (C=O) groups excluding carboxylic acids is 1. The highest BCUT2D eigenvalue weighted by Crippen LogP contribution is 2.20. The molecular weight excluding hydrogens is 247 g/mol. The molecule has 94 valence electrons. The molecule has 1 aromatic rings. The van der Waals surface area contributed by atoms with Crippen LogP contribution >= 0.6 is 0 Å². The lowest BCUT2D eigenvalue weighted by molar-refractivity contribution is -0.118. The number of nitrogens with two attached hydrogens (primary N) is 1. The van der Waals surface area contributed by atoms with Gasteiger partial charge >= 0.3 is 0 Å². The van der Waals surface area contributed by atoms with Gasteiger partial charge in [-0.15, -0.1) is 0 Å². The highest BCUT2D eigenvalue weighted by Gasteiger charge is 2.27. The third-order valence-corrected chi connectivity index (χ3v) is 3.44. The molecule has 17 heavy (non-hydrogen) atoms. The summed E-state index contributed by atoms with van der Waals surface area (Å²) in [5.74, 6) is -1.27. The topological polar surface area (TPSA) is 80.5 Å². The molecule has 0 aliphatic carbocycles. The van der Waals surface area contributed by atoms with Gasteiger partial charge in [0, 0.05) is 0 Å². The highest BCUT2D eigenvalue weighted by atomic mass is 32.2. The second-order valence-corrected chi connectivity index (χ2v) is 5.47. The summed E-state index contributed by atoms with van der Waals surface area (Å²) < 4.78 is 36.8. The van der Waals surface area contributed by atoms with E-state index in [4.69, 9.17) is 5.73 Å². The highest BCUT2D eigenvalue weighted by molar-refractivity contribution is 7.92. The molecule has 0 heterocycles. The van der Waals surface area contributed by atoms with Crippen molar-refractivity contribution < 1.29 is 17.6 Å². The first kappa shape index (κ1) is 13.4. The number of amides is 1. The molecule has 1 rings (SSSR count). The smallest absolute Gasteiger partial charge is 0.241 e. The molecule has 0 aromatic heterocycles. The second kappa shape index (κ2) is 4.70. The van der Waals surface area contributed by atoms with E-state index in [2.05, 4.69) is 0 Å². The molecule has 1 amide bonds. The average molecular weight is 260 g/mol. The van der Waals surface area contributed by atoms with Crippen molar-refractivity contribution in [3.05, 3.63) is 30.1 Å². The van der Waals surface area contributed by atoms with Gasteiger partial charge in [0.15, 0.2) is 0 Å². The summed E-state index contributed by atoms with van der Waals surface area (Å²) in [4.78, 5) is 11.1. The predicted molar refractivity (Wildman–Crippen MR) is 62.4 cm³/mol. The van der Waals surface area contributed by atoms with E-state index in [9.17, 15) is 17.6 Å². The molecule has 5 nitrogen and oxygen atoms in total. The van der Waals surface area contributed by atoms with Crippen molar-refractivity contribution in [3.8, 4) is 0 Å². The number of hydrogen-bond donors (Lipinski definition) is 1. The van der Waals surface area contributed by atoms with Crippen molar-refractivity contribution in [1.82, 2.24) is 0 Å². The largest absolute Gasteiger partial charge is 0.368 e. The van der Waals surface area contributed by atoms with E-state index >= 15 is 0 Å². The van der Waals surface area contributed by atoms with Crippen LogP contribution in [0.1, 0.15) is 6.92 Å². The van der Waals surface area contributed by atoms with Crippen molar-refractivity contribution in [3.63, 3.8) is 0 Å². The van der Waals surface area contributed by atoms with Crippen LogP contribution in [-0.2, 0) is 14.8 Å². The summed E-state index contributed by atoms with van der Waals surface area (Å²) in [5.41, 5.74) is 5.28. The Labute approximate surface area is 99.1 Å². The molecule has 0 bridgehead atoms. The molecule has 0 fully saturated rings. The molecule has 2 N–H and O–H groups in total. The molecule has 0 saturated heterocycles. The third kappa shape index (κ3) is 3.16. The first-order chi connectivity index (χ1) is 7.73. The van der Waals surface area contributed by atoms with Crippen LogP contribution in [0.4, 0.5) is 10.1 Å². The fraction of sp³-hybridized carbons (Fsp3) is 0.300. The third-order valence-electron chi connectivity index (χ3n) is 2.20. The quantitative estimate of drug-likeness (QED) is 0.854. The van der Waals surface area contributed by atoms with Crippen LogP contribution in [-0.4, -0.2) is 26.6 Å². The summed E-state index contributed by atoms with van der Waals surface area (Å²) in [7, 11) is -3.67. The maximum absolute atomic E-state index is 12.7. The Morgan fingerprint density at radius 2 is 1.82 bits per heavy atom. The monoisotopic (exact) mass is 260 g/mol. The number of nitrogens with zero attached hydrogens (tertiary/aromatic N) is 1. The Hall–Kier alpha value is -1.63. The summed E-state index contributed by atoms with van der Waals surface area (Å²) in [5, 5.41) is 0. The van der Waals surface area contributed by atoms with Crippen molar-refractivity contribution in [2.24, 2.45) is 5.73 Å². The molecular formula is C10H13FN2O3S. The van der Waals surface area contributed by atoms with Crippen molar-refractivity contribution in [2.45, 2.75) is 13.0 Å². The van der Waals surface area contributed by atoms with Crippen LogP contribution in [0.5, 0.6) is 0 Å². The Morgan fingerprint density at radius 1 is 1.35 bits per heavy atom. The maximum Gasteiger partial charge on any atom is 0.241 e. The summed E-state index contributed by atoms with van der Waals surface area (Å²) >= 11 is 0. The van der Waals surface area contributed by atoms with Crippen LogP contribution in [0, 0.1) is 5.82 Å². The molecule has 0 spiro atoms. The van der Waals surface area contributed by atoms with Gasteiger partial charge in [0.2, 0.25) is 15.9 Å². The van der Waals surface area contributed by atoms with Gasteiger partial charge in [-0.1, -0.05) is 0 Å². The molecule has 0 aliphatic rings.